The first-order valence-corrected chi connectivity index (χ1v) is 5.21. The van der Waals surface area contributed by atoms with Gasteiger partial charge in [-0.2, -0.15) is 0 Å². The van der Waals surface area contributed by atoms with E-state index in [-0.39, 0.29) is 18.5 Å². The number of esters is 1. The molecule has 0 aromatic heterocycles. The van der Waals surface area contributed by atoms with E-state index < -0.39 is 6.04 Å². The van der Waals surface area contributed by atoms with Gasteiger partial charge in [0.15, 0.2) is 0 Å². The first kappa shape index (κ1) is 12.0. The molecular formula is C11H18N2O2. The maximum atomic E-state index is 11.4. The van der Waals surface area contributed by atoms with Gasteiger partial charge in [0.1, 0.15) is 12.1 Å². The van der Waals surface area contributed by atoms with Crippen LogP contribution in [0, 0.1) is 12.3 Å². The summed E-state index contributed by atoms with van der Waals surface area (Å²) in [5.74, 6) is 1.99. The first-order valence-electron chi connectivity index (χ1n) is 5.21. The van der Waals surface area contributed by atoms with Crippen LogP contribution in [0.15, 0.2) is 0 Å². The third kappa shape index (κ3) is 3.90. The van der Waals surface area contributed by atoms with Gasteiger partial charge in [-0.15, -0.1) is 12.3 Å². The molecule has 1 rings (SSSR count). The van der Waals surface area contributed by atoms with E-state index in [2.05, 4.69) is 17.9 Å². The number of nitrogens with zero attached hydrogens (tertiary/aromatic N) is 1. The molecule has 15 heavy (non-hydrogen) atoms. The van der Waals surface area contributed by atoms with Crippen LogP contribution in [0.2, 0.25) is 0 Å². The predicted molar refractivity (Wildman–Crippen MR) is 58.0 cm³/mol. The lowest BCUT2D eigenvalue weighted by Gasteiger charge is -2.29. The monoisotopic (exact) mass is 210 g/mol. The Morgan fingerprint density at radius 3 is 2.80 bits per heavy atom. The molecule has 0 aromatic carbocycles. The van der Waals surface area contributed by atoms with Gasteiger partial charge in [0, 0.05) is 19.5 Å². The average molecular weight is 210 g/mol. The Labute approximate surface area is 90.8 Å². The van der Waals surface area contributed by atoms with Crippen LogP contribution in [0.5, 0.6) is 0 Å². The summed E-state index contributed by atoms with van der Waals surface area (Å²) in [6.07, 6.45) is 7.09. The zero-order chi connectivity index (χ0) is 11.3. The van der Waals surface area contributed by atoms with Gasteiger partial charge in [0.05, 0.1) is 0 Å². The minimum atomic E-state index is -0.672. The first-order chi connectivity index (χ1) is 7.13. The van der Waals surface area contributed by atoms with Crippen LogP contribution in [0.4, 0.5) is 0 Å². The fourth-order valence-corrected chi connectivity index (χ4v) is 1.56. The minimum Gasteiger partial charge on any atom is -0.461 e. The molecule has 0 saturated carbocycles. The lowest BCUT2D eigenvalue weighted by molar-refractivity contribution is -0.152. The van der Waals surface area contributed by atoms with Crippen molar-refractivity contribution < 1.29 is 9.53 Å². The van der Waals surface area contributed by atoms with E-state index in [0.717, 1.165) is 25.9 Å². The van der Waals surface area contributed by atoms with Crippen LogP contribution in [-0.2, 0) is 9.53 Å². The molecule has 4 heteroatoms. The highest BCUT2D eigenvalue weighted by Gasteiger charge is 2.22. The lowest BCUT2D eigenvalue weighted by atomic mass is 10.1. The summed E-state index contributed by atoms with van der Waals surface area (Å²) in [5.41, 5.74) is 5.54. The van der Waals surface area contributed by atoms with Crippen molar-refractivity contribution >= 4 is 5.97 Å². The summed E-state index contributed by atoms with van der Waals surface area (Å²) >= 11 is 0. The van der Waals surface area contributed by atoms with Crippen molar-refractivity contribution in [3.8, 4) is 12.3 Å². The van der Waals surface area contributed by atoms with Gasteiger partial charge < -0.3 is 15.4 Å². The van der Waals surface area contributed by atoms with E-state index in [1.807, 2.05) is 0 Å². The molecular weight excluding hydrogens is 192 g/mol. The maximum absolute atomic E-state index is 11.4. The van der Waals surface area contributed by atoms with Crippen LogP contribution in [0.1, 0.15) is 19.3 Å². The molecule has 0 aromatic rings. The molecule has 0 aliphatic carbocycles. The van der Waals surface area contributed by atoms with Crippen LogP contribution in [0.25, 0.3) is 0 Å². The van der Waals surface area contributed by atoms with Crippen LogP contribution < -0.4 is 5.73 Å². The molecule has 1 aliphatic rings. The van der Waals surface area contributed by atoms with E-state index in [1.54, 1.807) is 0 Å². The number of hydrogen-bond acceptors (Lipinski definition) is 4. The molecule has 0 amide bonds. The number of piperidine rings is 1. The molecule has 4 nitrogen and oxygen atoms in total. The van der Waals surface area contributed by atoms with Gasteiger partial charge in [0.25, 0.3) is 0 Å². The van der Waals surface area contributed by atoms with Crippen molar-refractivity contribution in [2.24, 2.45) is 5.73 Å². The fraction of sp³-hybridized carbons (Fsp3) is 0.727. The molecule has 1 heterocycles. The van der Waals surface area contributed by atoms with Gasteiger partial charge in [-0.05, 0) is 19.9 Å². The Bertz CT molecular complexity index is 252. The molecule has 84 valence electrons. The second-order valence-electron chi connectivity index (χ2n) is 3.95. The van der Waals surface area contributed by atoms with E-state index in [4.69, 9.17) is 16.9 Å². The normalized spacial score (nSPS) is 20.6. The van der Waals surface area contributed by atoms with Crippen LogP contribution in [-0.4, -0.2) is 43.2 Å². The zero-order valence-corrected chi connectivity index (χ0v) is 9.11. The van der Waals surface area contributed by atoms with E-state index >= 15 is 0 Å². The molecule has 0 bridgehead atoms. The molecule has 1 aliphatic heterocycles. The number of ether oxygens (including phenoxy) is 1. The Morgan fingerprint density at radius 2 is 2.27 bits per heavy atom. The van der Waals surface area contributed by atoms with Crippen molar-refractivity contribution in [2.45, 2.75) is 31.4 Å². The summed E-state index contributed by atoms with van der Waals surface area (Å²) in [6.45, 7) is 1.92. The van der Waals surface area contributed by atoms with Crippen molar-refractivity contribution in [3.63, 3.8) is 0 Å². The molecule has 0 radical (unpaired) electrons. The van der Waals surface area contributed by atoms with Crippen molar-refractivity contribution in [3.05, 3.63) is 0 Å². The topological polar surface area (TPSA) is 55.6 Å². The quantitative estimate of drug-likeness (QED) is 0.525. The summed E-state index contributed by atoms with van der Waals surface area (Å²) in [6, 6.07) is -0.672. The highest BCUT2D eigenvalue weighted by Crippen LogP contribution is 2.12. The summed E-state index contributed by atoms with van der Waals surface area (Å²) in [4.78, 5) is 13.6. The minimum absolute atomic E-state index is 0.0116. The van der Waals surface area contributed by atoms with Gasteiger partial charge >= 0.3 is 5.97 Å². The Hall–Kier alpha value is -1.05. The van der Waals surface area contributed by atoms with Crippen LogP contribution in [0.3, 0.4) is 0 Å². The number of likely N-dealkylation sites (tertiary alicyclic amines) is 1. The molecule has 1 saturated heterocycles. The van der Waals surface area contributed by atoms with Crippen molar-refractivity contribution in [2.75, 3.05) is 20.1 Å². The highest BCUT2D eigenvalue weighted by atomic mass is 16.5. The number of hydrogen-bond donors (Lipinski definition) is 1. The number of nitrogens with two attached hydrogens (primary N) is 1. The van der Waals surface area contributed by atoms with E-state index in [9.17, 15) is 4.79 Å². The largest absolute Gasteiger partial charge is 0.461 e. The number of carbonyl (C=O) groups is 1. The second kappa shape index (κ2) is 5.74. The van der Waals surface area contributed by atoms with Crippen molar-refractivity contribution in [1.82, 2.24) is 4.90 Å². The number of carbonyl (C=O) groups excluding carboxylic acids is 1. The SMILES string of the molecule is C#CCC(N)C(=O)OC1CCN(C)CC1. The van der Waals surface area contributed by atoms with Crippen molar-refractivity contribution in [1.29, 1.82) is 0 Å². The van der Waals surface area contributed by atoms with Gasteiger partial charge in [-0.3, -0.25) is 4.79 Å². The van der Waals surface area contributed by atoms with E-state index in [1.165, 1.54) is 0 Å². The Morgan fingerprint density at radius 1 is 1.67 bits per heavy atom. The summed E-state index contributed by atoms with van der Waals surface area (Å²) in [7, 11) is 2.06. The molecule has 1 fully saturated rings. The van der Waals surface area contributed by atoms with E-state index in [0.29, 0.717) is 0 Å². The number of terminal acetylenes is 1. The molecule has 1 atom stereocenters. The van der Waals surface area contributed by atoms with Gasteiger partial charge in [0.2, 0.25) is 0 Å². The summed E-state index contributed by atoms with van der Waals surface area (Å²) < 4.78 is 5.27. The second-order valence-corrected chi connectivity index (χ2v) is 3.95. The highest BCUT2D eigenvalue weighted by molar-refractivity contribution is 5.76. The third-order valence-corrected chi connectivity index (χ3v) is 2.59. The molecule has 2 N–H and O–H groups in total. The summed E-state index contributed by atoms with van der Waals surface area (Å²) in [5, 5.41) is 0. The Kier molecular flexibility index (Phi) is 4.60. The standard InChI is InChI=1S/C11H18N2O2/c1-3-4-10(12)11(14)15-9-5-7-13(2)8-6-9/h1,9-10H,4-8,12H2,2H3. The van der Waals surface area contributed by atoms with Gasteiger partial charge in [-0.1, -0.05) is 0 Å². The molecule has 1 unspecified atom stereocenters. The third-order valence-electron chi connectivity index (χ3n) is 2.59. The predicted octanol–water partition coefficient (Wildman–Crippen LogP) is -0.0256. The fourth-order valence-electron chi connectivity index (χ4n) is 1.56. The zero-order valence-electron chi connectivity index (χ0n) is 9.11. The van der Waals surface area contributed by atoms with Crippen LogP contribution >= 0.6 is 0 Å². The number of rotatable bonds is 3. The van der Waals surface area contributed by atoms with Gasteiger partial charge in [-0.25, -0.2) is 0 Å². The smallest absolute Gasteiger partial charge is 0.324 e. The average Bonchev–Trinajstić information content (AvgIpc) is 2.22. The Balaban J connectivity index is 2.29. The molecule has 0 spiro atoms. The lowest BCUT2D eigenvalue weighted by Crippen LogP contribution is -2.39. The maximum Gasteiger partial charge on any atom is 0.324 e.